The molecule has 1 saturated carbocycles. The summed E-state index contributed by atoms with van der Waals surface area (Å²) >= 11 is 0. The van der Waals surface area contributed by atoms with Gasteiger partial charge in [0.2, 0.25) is 5.91 Å². The molecular weight excluding hydrogens is 290 g/mol. The first-order chi connectivity index (χ1) is 10.8. The van der Waals surface area contributed by atoms with Crippen LogP contribution in [0.1, 0.15) is 59.3 Å². The largest absolute Gasteiger partial charge is 0.388 e. The van der Waals surface area contributed by atoms with Gasteiger partial charge < -0.3 is 15.0 Å². The van der Waals surface area contributed by atoms with Gasteiger partial charge in [-0.2, -0.15) is 0 Å². The molecule has 5 heteroatoms. The molecule has 0 spiro atoms. The summed E-state index contributed by atoms with van der Waals surface area (Å²) in [5, 5.41) is 13.6. The first-order valence-corrected chi connectivity index (χ1v) is 8.73. The molecular formula is C18H31N3O2. The number of rotatable bonds is 6. The van der Waals surface area contributed by atoms with Gasteiger partial charge in [0.25, 0.3) is 0 Å². The highest BCUT2D eigenvalue weighted by Crippen LogP contribution is 2.41. The number of carbonyl (C=O) groups is 1. The van der Waals surface area contributed by atoms with Crippen molar-refractivity contribution in [3.63, 3.8) is 0 Å². The van der Waals surface area contributed by atoms with Crippen molar-refractivity contribution in [3.8, 4) is 0 Å². The molecule has 0 radical (unpaired) electrons. The smallest absolute Gasteiger partial charge is 0.220 e. The third-order valence-electron chi connectivity index (χ3n) is 5.14. The average molecular weight is 321 g/mol. The van der Waals surface area contributed by atoms with Crippen LogP contribution in [0.15, 0.2) is 18.7 Å². The van der Waals surface area contributed by atoms with Gasteiger partial charge in [-0.3, -0.25) is 4.79 Å². The highest BCUT2D eigenvalue weighted by Gasteiger charge is 2.37. The molecule has 130 valence electrons. The fourth-order valence-corrected chi connectivity index (χ4v) is 3.39. The van der Waals surface area contributed by atoms with Crippen LogP contribution in [0.4, 0.5) is 0 Å². The van der Waals surface area contributed by atoms with E-state index in [4.69, 9.17) is 0 Å². The lowest BCUT2D eigenvalue weighted by Gasteiger charge is -2.41. The fourth-order valence-electron chi connectivity index (χ4n) is 3.39. The summed E-state index contributed by atoms with van der Waals surface area (Å²) in [6, 6.07) is 0. The first-order valence-electron chi connectivity index (χ1n) is 8.73. The van der Waals surface area contributed by atoms with Crippen LogP contribution in [0.3, 0.4) is 0 Å². The first kappa shape index (κ1) is 18.0. The molecule has 1 aromatic rings. The van der Waals surface area contributed by atoms with Crippen molar-refractivity contribution in [2.24, 2.45) is 11.3 Å². The van der Waals surface area contributed by atoms with E-state index in [0.29, 0.717) is 24.3 Å². The van der Waals surface area contributed by atoms with E-state index in [0.717, 1.165) is 38.6 Å². The second kappa shape index (κ2) is 7.47. The number of aromatic nitrogens is 2. The fraction of sp³-hybridized carbons (Fsp3) is 0.778. The molecule has 2 N–H and O–H groups in total. The third kappa shape index (κ3) is 5.65. The standard InChI is InChI=1S/C18H31N3O2/c1-17(2,3)15-6-8-18(23,9-7-15)13-20-16(22)5-4-11-21-12-10-19-14-21/h10,12,14-15,23H,4-9,11,13H2,1-3H3,(H,20,22). The minimum atomic E-state index is -0.720. The van der Waals surface area contributed by atoms with Crippen LogP contribution in [0.25, 0.3) is 0 Å². The zero-order valence-corrected chi connectivity index (χ0v) is 14.7. The average Bonchev–Trinajstić information content (AvgIpc) is 2.98. The molecule has 0 aliphatic heterocycles. The predicted molar refractivity (Wildman–Crippen MR) is 90.8 cm³/mol. The maximum atomic E-state index is 11.9. The van der Waals surface area contributed by atoms with E-state index in [1.807, 2.05) is 10.8 Å². The number of nitrogens with zero attached hydrogens (tertiary/aromatic N) is 2. The van der Waals surface area contributed by atoms with Crippen LogP contribution < -0.4 is 5.32 Å². The van der Waals surface area contributed by atoms with Crippen molar-refractivity contribution < 1.29 is 9.90 Å². The van der Waals surface area contributed by atoms with Crippen molar-refractivity contribution in [3.05, 3.63) is 18.7 Å². The van der Waals surface area contributed by atoms with Crippen molar-refractivity contribution >= 4 is 5.91 Å². The van der Waals surface area contributed by atoms with Gasteiger partial charge in [0.15, 0.2) is 0 Å². The summed E-state index contributed by atoms with van der Waals surface area (Å²) in [6.45, 7) is 7.98. The summed E-state index contributed by atoms with van der Waals surface area (Å²) in [4.78, 5) is 15.9. The van der Waals surface area contributed by atoms with Gasteiger partial charge in [-0.1, -0.05) is 20.8 Å². The number of aryl methyl sites for hydroxylation is 1. The van der Waals surface area contributed by atoms with E-state index < -0.39 is 5.60 Å². The number of aliphatic hydroxyl groups is 1. The molecule has 1 heterocycles. The molecule has 0 bridgehead atoms. The van der Waals surface area contributed by atoms with Crippen molar-refractivity contribution in [2.45, 2.75) is 71.4 Å². The van der Waals surface area contributed by atoms with Crippen LogP contribution in [-0.2, 0) is 11.3 Å². The Bertz CT molecular complexity index is 483. The lowest BCUT2D eigenvalue weighted by Crippen LogP contribution is -2.46. The van der Waals surface area contributed by atoms with Crippen LogP contribution >= 0.6 is 0 Å². The molecule has 0 atom stereocenters. The Morgan fingerprint density at radius 2 is 2.09 bits per heavy atom. The zero-order valence-electron chi connectivity index (χ0n) is 14.7. The molecule has 0 aromatic carbocycles. The van der Waals surface area contributed by atoms with Gasteiger partial charge in [-0.05, 0) is 43.4 Å². The van der Waals surface area contributed by atoms with Crippen molar-refractivity contribution in [1.29, 1.82) is 0 Å². The molecule has 0 unspecified atom stereocenters. The number of amides is 1. The zero-order chi connectivity index (χ0) is 16.9. The van der Waals surface area contributed by atoms with Crippen LogP contribution in [0.5, 0.6) is 0 Å². The maximum Gasteiger partial charge on any atom is 0.220 e. The number of imidazole rings is 1. The second-order valence-electron chi connectivity index (χ2n) is 8.05. The van der Waals surface area contributed by atoms with Gasteiger partial charge in [0, 0.05) is 31.9 Å². The molecule has 1 aliphatic rings. The Kier molecular flexibility index (Phi) is 5.84. The SMILES string of the molecule is CC(C)(C)C1CCC(O)(CNC(=O)CCCn2ccnc2)CC1. The van der Waals surface area contributed by atoms with Crippen molar-refractivity contribution in [2.75, 3.05) is 6.54 Å². The topological polar surface area (TPSA) is 67.2 Å². The van der Waals surface area contributed by atoms with Gasteiger partial charge in [0.1, 0.15) is 0 Å². The Balaban J connectivity index is 1.66. The number of hydrogen-bond donors (Lipinski definition) is 2. The molecule has 0 saturated heterocycles. The summed E-state index contributed by atoms with van der Waals surface area (Å²) in [5.41, 5.74) is -0.417. The van der Waals surface area contributed by atoms with Gasteiger partial charge in [-0.25, -0.2) is 4.98 Å². The lowest BCUT2D eigenvalue weighted by molar-refractivity contribution is -0.123. The van der Waals surface area contributed by atoms with Crippen LogP contribution in [-0.4, -0.2) is 32.7 Å². The normalized spacial score (nSPS) is 25.3. The van der Waals surface area contributed by atoms with E-state index in [1.54, 1.807) is 12.5 Å². The summed E-state index contributed by atoms with van der Waals surface area (Å²) in [7, 11) is 0. The Labute approximate surface area is 139 Å². The molecule has 2 rings (SSSR count). The number of nitrogens with one attached hydrogen (secondary N) is 1. The van der Waals surface area contributed by atoms with Crippen LogP contribution in [0.2, 0.25) is 0 Å². The van der Waals surface area contributed by atoms with E-state index in [9.17, 15) is 9.90 Å². The number of carbonyl (C=O) groups excluding carboxylic acids is 1. The minimum absolute atomic E-state index is 0.0245. The van der Waals surface area contributed by atoms with Gasteiger partial charge >= 0.3 is 0 Å². The summed E-state index contributed by atoms with van der Waals surface area (Å²) in [6.07, 6.45) is 10.3. The Hall–Kier alpha value is -1.36. The van der Waals surface area contributed by atoms with Gasteiger partial charge in [-0.15, -0.1) is 0 Å². The summed E-state index contributed by atoms with van der Waals surface area (Å²) < 4.78 is 1.97. The lowest BCUT2D eigenvalue weighted by atomic mass is 9.68. The van der Waals surface area contributed by atoms with Crippen molar-refractivity contribution in [1.82, 2.24) is 14.9 Å². The van der Waals surface area contributed by atoms with E-state index in [2.05, 4.69) is 31.1 Å². The monoisotopic (exact) mass is 321 g/mol. The minimum Gasteiger partial charge on any atom is -0.388 e. The highest BCUT2D eigenvalue weighted by molar-refractivity contribution is 5.75. The third-order valence-corrected chi connectivity index (χ3v) is 5.14. The second-order valence-corrected chi connectivity index (χ2v) is 8.05. The molecule has 1 aliphatic carbocycles. The molecule has 23 heavy (non-hydrogen) atoms. The van der Waals surface area contributed by atoms with Crippen LogP contribution in [0, 0.1) is 11.3 Å². The molecule has 5 nitrogen and oxygen atoms in total. The maximum absolute atomic E-state index is 11.9. The Morgan fingerprint density at radius 3 is 2.65 bits per heavy atom. The predicted octanol–water partition coefficient (Wildman–Crippen LogP) is 2.75. The van der Waals surface area contributed by atoms with E-state index >= 15 is 0 Å². The molecule has 1 amide bonds. The van der Waals surface area contributed by atoms with Gasteiger partial charge in [0.05, 0.1) is 11.9 Å². The highest BCUT2D eigenvalue weighted by atomic mass is 16.3. The Morgan fingerprint density at radius 1 is 1.39 bits per heavy atom. The molecule has 1 aromatic heterocycles. The van der Waals surface area contributed by atoms with E-state index in [1.165, 1.54) is 0 Å². The quantitative estimate of drug-likeness (QED) is 0.846. The van der Waals surface area contributed by atoms with E-state index in [-0.39, 0.29) is 5.91 Å². The molecule has 1 fully saturated rings. The summed E-state index contributed by atoms with van der Waals surface area (Å²) in [5.74, 6) is 0.685. The number of hydrogen-bond acceptors (Lipinski definition) is 3.